The molecule has 18 valence electrons. The molecule has 0 saturated carbocycles. The van der Waals surface area contributed by atoms with Crippen LogP contribution in [-0.2, 0) is 22.8 Å². The fourth-order valence-electron chi connectivity index (χ4n) is 0. The summed E-state index contributed by atoms with van der Waals surface area (Å²) >= 11 is 0.181. The van der Waals surface area contributed by atoms with Gasteiger partial charge in [-0.3, -0.25) is 0 Å². The first-order valence-electron chi connectivity index (χ1n) is 0.493. The van der Waals surface area contributed by atoms with Gasteiger partial charge in [0.05, 0.1) is 0 Å². The molecule has 0 N–H and O–H groups in total. The van der Waals surface area contributed by atoms with E-state index in [9.17, 15) is 0 Å². The van der Waals surface area contributed by atoms with E-state index in [1.807, 2.05) is 0 Å². The summed E-state index contributed by atoms with van der Waals surface area (Å²) in [5.74, 6) is 0. The average Bonchev–Trinajstić information content (AvgIpc) is 1.50. The Hall–Kier alpha value is 1.60. The van der Waals surface area contributed by atoms with Gasteiger partial charge in [0, 0.05) is 0 Å². The van der Waals surface area contributed by atoms with Gasteiger partial charge < -0.3 is 0 Å². The van der Waals surface area contributed by atoms with Crippen LogP contribution in [0.2, 0.25) is 0 Å². The molecule has 0 bridgehead atoms. The molecule has 0 aliphatic rings. The second-order valence-electron chi connectivity index (χ2n) is 0. The van der Waals surface area contributed by atoms with Crippen LogP contribution in [0.5, 0.6) is 0 Å². The van der Waals surface area contributed by atoms with Crippen molar-refractivity contribution in [1.29, 1.82) is 0 Å². The Morgan fingerprint density at radius 3 is 1.25 bits per heavy atom. The van der Waals surface area contributed by atoms with Crippen LogP contribution in [-0.4, -0.2) is 0 Å². The first-order chi connectivity index (χ1) is 2.00. The van der Waals surface area contributed by atoms with Crippen molar-refractivity contribution in [2.24, 2.45) is 0 Å². The van der Waals surface area contributed by atoms with E-state index in [4.69, 9.17) is 4.51 Å². The molecule has 0 radical (unpaired) electrons. The van der Waals surface area contributed by atoms with Gasteiger partial charge in [-0.1, -0.05) is 0 Å². The zero-order valence-corrected chi connectivity index (χ0v) is 8.13. The molecule has 0 heterocycles. The molecule has 0 aromatic rings. The molecule has 4 heavy (non-hydrogen) atoms. The molecule has 0 fully saturated rings. The minimum absolute atomic E-state index is 0.0556. The van der Waals surface area contributed by atoms with Crippen molar-refractivity contribution in [3.8, 4) is 0 Å². The quantitative estimate of drug-likeness (QED) is 0.545. The van der Waals surface area contributed by atoms with Crippen molar-refractivity contribution in [3.63, 3.8) is 0 Å². The minimum atomic E-state index is 0.0556. The van der Waals surface area contributed by atoms with E-state index < -0.39 is 0 Å². The van der Waals surface area contributed by atoms with Crippen LogP contribution < -0.4 is 0 Å². The maximum atomic E-state index is 8.39. The zero-order chi connectivity index (χ0) is 4.00. The zero-order valence-electron chi connectivity index (χ0n) is 2.02. The van der Waals surface area contributed by atoms with E-state index in [1.54, 1.807) is 0 Å². The summed E-state index contributed by atoms with van der Waals surface area (Å²) < 4.78 is 16.8. The van der Waals surface area contributed by atoms with Crippen LogP contribution in [0.3, 0.4) is 0 Å². The summed E-state index contributed by atoms with van der Waals surface area (Å²) in [5.41, 5.74) is 0. The van der Waals surface area contributed by atoms with Gasteiger partial charge in [0.1, 0.15) is 0 Å². The van der Waals surface area contributed by atoms with Crippen molar-refractivity contribution in [3.05, 3.63) is 0 Å². The first-order valence-corrected chi connectivity index (χ1v) is 2.99. The average molecular weight is 238 g/mol. The van der Waals surface area contributed by atoms with Crippen LogP contribution in [0, 0.1) is 39.8 Å². The molecular weight excluding hydrogens is 238 g/mol. The van der Waals surface area contributed by atoms with Crippen LogP contribution in [0.25, 0.3) is 0 Å². The Morgan fingerprint density at radius 2 is 1.25 bits per heavy atom. The number of hydrogen-bond donors (Lipinski definition) is 0. The molecule has 0 aliphatic heterocycles. The summed E-state index contributed by atoms with van der Waals surface area (Å²) in [4.78, 5) is 0. The standard InChI is InChI=1S/Ce.2O.Zn. The Kier molecular flexibility index (Phi) is 53.2. The fraction of sp³-hybridized carbons (Fsp3) is 0. The van der Waals surface area contributed by atoms with Gasteiger partial charge >= 0.3 is 62.5 Å². The van der Waals surface area contributed by atoms with Crippen LogP contribution in [0.4, 0.5) is 0 Å². The van der Waals surface area contributed by atoms with Crippen molar-refractivity contribution < 1.29 is 62.5 Å². The van der Waals surface area contributed by atoms with Gasteiger partial charge in [0.15, 0.2) is 0 Å². The number of hydrogen-bond acceptors (Lipinski definition) is 2. The van der Waals surface area contributed by atoms with E-state index in [-0.39, 0.29) is 58.0 Å². The second-order valence-corrected chi connectivity index (χ2v) is 0. The van der Waals surface area contributed by atoms with E-state index in [2.05, 4.69) is 0 Å². The second kappa shape index (κ2) is 23.3. The molecule has 0 unspecified atom stereocenters. The van der Waals surface area contributed by atoms with Crippen LogP contribution in [0.1, 0.15) is 0 Å². The third kappa shape index (κ3) is 9.51. The molecule has 0 spiro atoms. The summed E-state index contributed by atoms with van der Waals surface area (Å²) in [6, 6.07) is 0. The van der Waals surface area contributed by atoms with Gasteiger partial charge in [-0.15, -0.1) is 0 Å². The van der Waals surface area contributed by atoms with Crippen molar-refractivity contribution >= 4 is 0 Å². The SMILES string of the molecule is [O]=[Ce].[O]=[Zn]. The van der Waals surface area contributed by atoms with Gasteiger partial charge in [-0.2, -0.15) is 0 Å². The Bertz CT molecular complexity index is 8.00. The topological polar surface area (TPSA) is 34.1 Å². The summed E-state index contributed by atoms with van der Waals surface area (Å²) in [6.45, 7) is 0. The molecule has 0 aromatic carbocycles. The Balaban J connectivity index is 0. The third-order valence-electron chi connectivity index (χ3n) is 0. The van der Waals surface area contributed by atoms with Crippen molar-refractivity contribution in [2.45, 2.75) is 0 Å². The van der Waals surface area contributed by atoms with Gasteiger partial charge in [-0.05, 0) is 0 Å². The summed E-state index contributed by atoms with van der Waals surface area (Å²) in [7, 11) is 0. The molecule has 4 heteroatoms. The van der Waals surface area contributed by atoms with E-state index in [1.165, 1.54) is 0 Å². The first kappa shape index (κ1) is 9.14. The van der Waals surface area contributed by atoms with Gasteiger partial charge in [0.2, 0.25) is 0 Å². The Labute approximate surface area is 61.5 Å². The monoisotopic (exact) mass is 236 g/mol. The van der Waals surface area contributed by atoms with Crippen LogP contribution >= 0.6 is 0 Å². The van der Waals surface area contributed by atoms with Crippen LogP contribution in [0.15, 0.2) is 0 Å². The normalized spacial score (nSPS) is 2.25. The predicted molar refractivity (Wildman–Crippen MR) is 1.37 cm³/mol. The van der Waals surface area contributed by atoms with E-state index >= 15 is 0 Å². The fourth-order valence-corrected chi connectivity index (χ4v) is 0. The van der Waals surface area contributed by atoms with Crippen molar-refractivity contribution in [2.75, 3.05) is 0 Å². The number of rotatable bonds is 0. The van der Waals surface area contributed by atoms with Gasteiger partial charge in [0.25, 0.3) is 0 Å². The molecule has 2 nitrogen and oxygen atoms in total. The van der Waals surface area contributed by atoms with E-state index in [0.717, 1.165) is 0 Å². The molecule has 0 atom stereocenters. The molecular formula is CeO2Zn. The summed E-state index contributed by atoms with van der Waals surface area (Å²) in [6.07, 6.45) is 0. The van der Waals surface area contributed by atoms with Crippen molar-refractivity contribution in [1.82, 2.24) is 0 Å². The van der Waals surface area contributed by atoms with E-state index in [0.29, 0.717) is 0 Å². The summed E-state index contributed by atoms with van der Waals surface area (Å²) in [5, 5.41) is 0. The van der Waals surface area contributed by atoms with Gasteiger partial charge in [-0.25, -0.2) is 0 Å². The predicted octanol–water partition coefficient (Wildman–Crippen LogP) is -0.240. The third-order valence-corrected chi connectivity index (χ3v) is 0. The molecule has 0 rings (SSSR count). The molecule has 0 aromatic heterocycles. The Morgan fingerprint density at radius 1 is 1.25 bits per heavy atom. The molecule has 0 saturated heterocycles. The molecule has 0 aliphatic carbocycles. The maximum absolute atomic E-state index is 8.39. The molecule has 0 amide bonds.